The third-order valence-corrected chi connectivity index (χ3v) is 3.89. The minimum atomic E-state index is -0.582. The summed E-state index contributed by atoms with van der Waals surface area (Å²) >= 11 is 0. The number of hydrogen-bond acceptors (Lipinski definition) is 6. The molecule has 0 radical (unpaired) electrons. The molecule has 0 saturated heterocycles. The normalized spacial score (nSPS) is 10.9. The molecule has 0 unspecified atom stereocenters. The first-order valence-electron chi connectivity index (χ1n) is 8.19. The Labute approximate surface area is 155 Å². The molecule has 1 aromatic heterocycles. The van der Waals surface area contributed by atoms with Crippen molar-refractivity contribution in [3.8, 4) is 5.75 Å². The summed E-state index contributed by atoms with van der Waals surface area (Å²) in [6.07, 6.45) is 3.02. The Hall–Kier alpha value is -3.54. The van der Waals surface area contributed by atoms with Crippen molar-refractivity contribution in [1.29, 1.82) is 0 Å². The largest absolute Gasteiger partial charge is 0.497 e. The van der Waals surface area contributed by atoms with Gasteiger partial charge in [-0.15, -0.1) is 0 Å². The van der Waals surface area contributed by atoms with Crippen LogP contribution in [0, 0.1) is 0 Å². The van der Waals surface area contributed by atoms with E-state index >= 15 is 0 Å². The predicted molar refractivity (Wildman–Crippen MR) is 99.4 cm³/mol. The van der Waals surface area contributed by atoms with Crippen molar-refractivity contribution in [3.63, 3.8) is 0 Å². The standard InChI is InChI=1S/C21H18O6/c1-24-17-7-6-15-11-14(3-5-16(15)12-17)4-10-20(22)26-13-18-8-9-19(27-18)21(23)25-2/h3-12H,13H2,1-2H3/b10-4+. The summed E-state index contributed by atoms with van der Waals surface area (Å²) in [5, 5.41) is 2.09. The van der Waals surface area contributed by atoms with Crippen LogP contribution in [0.4, 0.5) is 0 Å². The Kier molecular flexibility index (Phi) is 5.56. The first-order valence-corrected chi connectivity index (χ1v) is 8.19. The third-order valence-electron chi connectivity index (χ3n) is 3.89. The van der Waals surface area contributed by atoms with E-state index in [1.54, 1.807) is 19.3 Å². The fourth-order valence-electron chi connectivity index (χ4n) is 2.49. The highest BCUT2D eigenvalue weighted by Gasteiger charge is 2.11. The molecule has 0 aliphatic rings. The van der Waals surface area contributed by atoms with E-state index in [9.17, 15) is 9.59 Å². The van der Waals surface area contributed by atoms with Crippen LogP contribution in [0.1, 0.15) is 21.9 Å². The van der Waals surface area contributed by atoms with Gasteiger partial charge in [0.05, 0.1) is 14.2 Å². The molecule has 2 aromatic carbocycles. The fourth-order valence-corrected chi connectivity index (χ4v) is 2.49. The van der Waals surface area contributed by atoms with Gasteiger partial charge < -0.3 is 18.6 Å². The number of ether oxygens (including phenoxy) is 3. The summed E-state index contributed by atoms with van der Waals surface area (Å²) < 4.78 is 20.1. The average molecular weight is 366 g/mol. The van der Waals surface area contributed by atoms with Crippen molar-refractivity contribution in [2.24, 2.45) is 0 Å². The zero-order valence-electron chi connectivity index (χ0n) is 14.9. The van der Waals surface area contributed by atoms with Crippen molar-refractivity contribution in [2.45, 2.75) is 6.61 Å². The molecule has 27 heavy (non-hydrogen) atoms. The lowest BCUT2D eigenvalue weighted by Crippen LogP contribution is -2.01. The number of methoxy groups -OCH3 is 2. The highest BCUT2D eigenvalue weighted by Crippen LogP contribution is 2.22. The van der Waals surface area contributed by atoms with Gasteiger partial charge in [-0.05, 0) is 52.7 Å². The first-order chi connectivity index (χ1) is 13.1. The molecule has 3 rings (SSSR count). The van der Waals surface area contributed by atoms with Crippen LogP contribution < -0.4 is 4.74 Å². The van der Waals surface area contributed by atoms with Gasteiger partial charge in [-0.3, -0.25) is 0 Å². The molecule has 0 aliphatic heterocycles. The number of carbonyl (C=O) groups excluding carboxylic acids is 2. The Morgan fingerprint density at radius 2 is 1.78 bits per heavy atom. The van der Waals surface area contributed by atoms with Crippen molar-refractivity contribution in [3.05, 3.63) is 71.7 Å². The van der Waals surface area contributed by atoms with Crippen LogP contribution in [0.15, 0.2) is 59.0 Å². The van der Waals surface area contributed by atoms with Gasteiger partial charge in [-0.1, -0.05) is 18.2 Å². The molecule has 0 atom stereocenters. The number of hydrogen-bond donors (Lipinski definition) is 0. The summed E-state index contributed by atoms with van der Waals surface area (Å²) in [4.78, 5) is 23.2. The molecule has 3 aromatic rings. The molecule has 0 N–H and O–H groups in total. The summed E-state index contributed by atoms with van der Waals surface area (Å²) in [5.41, 5.74) is 0.871. The second kappa shape index (κ2) is 8.23. The van der Waals surface area contributed by atoms with E-state index < -0.39 is 11.9 Å². The van der Waals surface area contributed by atoms with Crippen LogP contribution in [-0.2, 0) is 20.9 Å². The monoisotopic (exact) mass is 366 g/mol. The molecule has 138 valence electrons. The minimum absolute atomic E-state index is 0.0619. The second-order valence-electron chi connectivity index (χ2n) is 5.67. The highest BCUT2D eigenvalue weighted by atomic mass is 16.5. The molecule has 0 spiro atoms. The molecule has 6 heteroatoms. The highest BCUT2D eigenvalue weighted by molar-refractivity contribution is 5.90. The first kappa shape index (κ1) is 18.3. The minimum Gasteiger partial charge on any atom is -0.497 e. The van der Waals surface area contributed by atoms with Crippen LogP contribution in [0.25, 0.3) is 16.8 Å². The van der Waals surface area contributed by atoms with E-state index in [0.29, 0.717) is 5.76 Å². The summed E-state index contributed by atoms with van der Waals surface area (Å²) in [6, 6.07) is 14.6. The molecule has 0 bridgehead atoms. The van der Waals surface area contributed by atoms with Gasteiger partial charge in [-0.25, -0.2) is 9.59 Å². The number of benzene rings is 2. The van der Waals surface area contributed by atoms with Crippen LogP contribution in [-0.4, -0.2) is 26.2 Å². The van der Waals surface area contributed by atoms with Gasteiger partial charge in [0.2, 0.25) is 5.76 Å². The quantitative estimate of drug-likeness (QED) is 0.485. The van der Waals surface area contributed by atoms with E-state index in [1.807, 2.05) is 36.4 Å². The van der Waals surface area contributed by atoms with Crippen molar-refractivity contribution < 1.29 is 28.2 Å². The van der Waals surface area contributed by atoms with Crippen LogP contribution in [0.5, 0.6) is 5.75 Å². The van der Waals surface area contributed by atoms with E-state index in [-0.39, 0.29) is 12.4 Å². The van der Waals surface area contributed by atoms with Gasteiger partial charge in [0.15, 0.2) is 0 Å². The fraction of sp³-hybridized carbons (Fsp3) is 0.143. The van der Waals surface area contributed by atoms with Crippen LogP contribution in [0.2, 0.25) is 0 Å². The maximum absolute atomic E-state index is 11.9. The zero-order valence-corrected chi connectivity index (χ0v) is 14.9. The van der Waals surface area contributed by atoms with Crippen molar-refractivity contribution >= 4 is 28.8 Å². The third kappa shape index (κ3) is 4.55. The number of fused-ring (bicyclic) bond motifs is 1. The number of rotatable bonds is 6. The number of furan rings is 1. The van der Waals surface area contributed by atoms with Crippen LogP contribution >= 0.6 is 0 Å². The van der Waals surface area contributed by atoms with Crippen molar-refractivity contribution in [1.82, 2.24) is 0 Å². The Morgan fingerprint density at radius 1 is 1.00 bits per heavy atom. The lowest BCUT2D eigenvalue weighted by atomic mass is 10.1. The van der Waals surface area contributed by atoms with Crippen molar-refractivity contribution in [2.75, 3.05) is 14.2 Å². The molecule has 6 nitrogen and oxygen atoms in total. The molecule has 0 amide bonds. The predicted octanol–water partition coefficient (Wildman–Crippen LogP) is 3.98. The maximum atomic E-state index is 11.9. The van der Waals surface area contributed by atoms with Gasteiger partial charge in [0, 0.05) is 6.08 Å². The molecule has 1 heterocycles. The summed E-state index contributed by atoms with van der Waals surface area (Å²) in [5.74, 6) is 0.119. The number of carbonyl (C=O) groups is 2. The van der Waals surface area contributed by atoms with E-state index in [1.165, 1.54) is 19.3 Å². The topological polar surface area (TPSA) is 75.0 Å². The zero-order chi connectivity index (χ0) is 19.2. The lowest BCUT2D eigenvalue weighted by Gasteiger charge is -2.03. The lowest BCUT2D eigenvalue weighted by molar-refractivity contribution is -0.139. The Morgan fingerprint density at radius 3 is 2.56 bits per heavy atom. The van der Waals surface area contributed by atoms with Gasteiger partial charge in [0.25, 0.3) is 0 Å². The van der Waals surface area contributed by atoms with Crippen LogP contribution in [0.3, 0.4) is 0 Å². The SMILES string of the molecule is COC(=O)c1ccc(COC(=O)/C=C/c2ccc3cc(OC)ccc3c2)o1. The molecular weight excluding hydrogens is 348 g/mol. The van der Waals surface area contributed by atoms with Gasteiger partial charge in [0.1, 0.15) is 18.1 Å². The molecule has 0 fully saturated rings. The smallest absolute Gasteiger partial charge is 0.373 e. The average Bonchev–Trinajstić information content (AvgIpc) is 3.18. The molecule has 0 saturated carbocycles. The Bertz CT molecular complexity index is 999. The van der Waals surface area contributed by atoms with E-state index in [0.717, 1.165) is 22.1 Å². The summed E-state index contributed by atoms with van der Waals surface area (Å²) in [6.45, 7) is -0.0717. The second-order valence-corrected chi connectivity index (χ2v) is 5.67. The summed E-state index contributed by atoms with van der Waals surface area (Å²) in [7, 11) is 2.89. The molecular formula is C21H18O6. The van der Waals surface area contributed by atoms with Gasteiger partial charge in [-0.2, -0.15) is 0 Å². The Balaban J connectivity index is 1.60. The molecule has 0 aliphatic carbocycles. The van der Waals surface area contributed by atoms with E-state index in [2.05, 4.69) is 4.74 Å². The number of esters is 2. The maximum Gasteiger partial charge on any atom is 0.373 e. The van der Waals surface area contributed by atoms with Gasteiger partial charge >= 0.3 is 11.9 Å². The van der Waals surface area contributed by atoms with E-state index in [4.69, 9.17) is 13.9 Å².